The molecule has 0 aliphatic heterocycles. The number of halogens is 3. The lowest BCUT2D eigenvalue weighted by molar-refractivity contribution is 0.282. The lowest BCUT2D eigenvalue weighted by atomic mass is 9.79. The molecule has 0 amide bonds. The van der Waals surface area contributed by atoms with E-state index >= 15 is 0 Å². The Morgan fingerprint density at radius 1 is 0.889 bits per heavy atom. The second-order valence-corrected chi connectivity index (χ2v) is 9.64. The van der Waals surface area contributed by atoms with E-state index < -0.39 is 11.6 Å². The average Bonchev–Trinajstić information content (AvgIpc) is 2.89. The van der Waals surface area contributed by atoms with E-state index in [4.69, 9.17) is 9.47 Å². The van der Waals surface area contributed by atoms with Crippen LogP contribution in [0.5, 0.6) is 11.5 Å². The third kappa shape index (κ3) is 6.31. The summed E-state index contributed by atoms with van der Waals surface area (Å²) in [5.41, 5.74) is 2.39. The van der Waals surface area contributed by atoms with Gasteiger partial charge in [-0.25, -0.2) is 8.78 Å². The van der Waals surface area contributed by atoms with Crippen molar-refractivity contribution in [2.45, 2.75) is 58.0 Å². The Labute approximate surface area is 211 Å². The summed E-state index contributed by atoms with van der Waals surface area (Å²) in [4.78, 5) is 0. The molecule has 0 atom stereocenters. The van der Waals surface area contributed by atoms with Gasteiger partial charge in [-0.3, -0.25) is 0 Å². The molecule has 36 heavy (non-hydrogen) atoms. The van der Waals surface area contributed by atoms with E-state index in [1.165, 1.54) is 12.1 Å². The molecule has 3 aromatic rings. The topological polar surface area (TPSA) is 18.5 Å². The van der Waals surface area contributed by atoms with Gasteiger partial charge in [-0.2, -0.15) is 4.39 Å². The van der Waals surface area contributed by atoms with Crippen molar-refractivity contribution in [1.82, 2.24) is 0 Å². The highest BCUT2D eigenvalue weighted by molar-refractivity contribution is 5.65. The van der Waals surface area contributed by atoms with Gasteiger partial charge in [0.25, 0.3) is 0 Å². The summed E-state index contributed by atoms with van der Waals surface area (Å²) >= 11 is 0. The van der Waals surface area contributed by atoms with Crippen LogP contribution >= 0.6 is 0 Å². The van der Waals surface area contributed by atoms with Crippen LogP contribution in [0.25, 0.3) is 11.1 Å². The molecule has 1 saturated carbocycles. The fourth-order valence-corrected chi connectivity index (χ4v) is 4.72. The summed E-state index contributed by atoms with van der Waals surface area (Å²) in [6.45, 7) is 6.46. The maximum Gasteiger partial charge on any atom is 0.200 e. The van der Waals surface area contributed by atoms with Crippen LogP contribution < -0.4 is 9.47 Å². The monoisotopic (exact) mass is 494 g/mol. The Balaban J connectivity index is 1.37. The summed E-state index contributed by atoms with van der Waals surface area (Å²) in [7, 11) is 0. The molecular formula is C31H33F3O2. The Morgan fingerprint density at radius 2 is 1.64 bits per heavy atom. The van der Waals surface area contributed by atoms with Gasteiger partial charge in [0.05, 0.1) is 6.61 Å². The van der Waals surface area contributed by atoms with Gasteiger partial charge in [0.15, 0.2) is 11.6 Å². The van der Waals surface area contributed by atoms with Crippen molar-refractivity contribution in [2.24, 2.45) is 5.92 Å². The molecule has 0 unspecified atom stereocenters. The van der Waals surface area contributed by atoms with Gasteiger partial charge >= 0.3 is 0 Å². The smallest absolute Gasteiger partial charge is 0.200 e. The summed E-state index contributed by atoms with van der Waals surface area (Å²) in [6.07, 6.45) is 7.35. The molecule has 0 spiro atoms. The first kappa shape index (κ1) is 25.9. The van der Waals surface area contributed by atoms with Gasteiger partial charge in [0.1, 0.15) is 18.2 Å². The summed E-state index contributed by atoms with van der Waals surface area (Å²) in [5, 5.41) is 0. The number of hydrogen-bond acceptors (Lipinski definition) is 2. The first-order chi connectivity index (χ1) is 17.5. The first-order valence-corrected chi connectivity index (χ1v) is 12.7. The molecule has 5 heteroatoms. The Bertz CT molecular complexity index is 1170. The quantitative estimate of drug-likeness (QED) is 0.207. The van der Waals surface area contributed by atoms with Gasteiger partial charge in [-0.15, -0.1) is 6.58 Å². The van der Waals surface area contributed by atoms with Gasteiger partial charge < -0.3 is 9.47 Å². The summed E-state index contributed by atoms with van der Waals surface area (Å²) in [5.74, 6) is -1.00. The fraction of sp³-hybridized carbons (Fsp3) is 0.355. The fourth-order valence-electron chi connectivity index (χ4n) is 4.72. The van der Waals surface area contributed by atoms with Crippen LogP contribution in [0.3, 0.4) is 0 Å². The number of ether oxygens (including phenoxy) is 2. The zero-order chi connectivity index (χ0) is 25.5. The maximum absolute atomic E-state index is 14.8. The van der Waals surface area contributed by atoms with Gasteiger partial charge in [0.2, 0.25) is 5.82 Å². The van der Waals surface area contributed by atoms with E-state index in [9.17, 15) is 13.2 Å². The number of hydrogen-bond donors (Lipinski definition) is 0. The van der Waals surface area contributed by atoms with Crippen LogP contribution in [0.2, 0.25) is 0 Å². The molecule has 190 valence electrons. The third-order valence-corrected chi connectivity index (χ3v) is 6.95. The van der Waals surface area contributed by atoms with E-state index in [0.29, 0.717) is 35.0 Å². The van der Waals surface area contributed by atoms with Crippen LogP contribution in [0.15, 0.2) is 67.3 Å². The second kappa shape index (κ2) is 12.2. The van der Waals surface area contributed by atoms with E-state index in [1.807, 2.05) is 6.08 Å². The van der Waals surface area contributed by atoms with Crippen molar-refractivity contribution in [3.63, 3.8) is 0 Å². The van der Waals surface area contributed by atoms with Crippen LogP contribution in [0.4, 0.5) is 13.2 Å². The van der Waals surface area contributed by atoms with Gasteiger partial charge in [0, 0.05) is 11.6 Å². The van der Waals surface area contributed by atoms with Crippen molar-refractivity contribution in [3.8, 4) is 22.6 Å². The molecule has 0 N–H and O–H groups in total. The van der Waals surface area contributed by atoms with Crippen LogP contribution in [0, 0.1) is 23.4 Å². The standard InChI is InChI=1S/C31H33F3O2/c1-3-4-5-18-35-25-14-15-26(28(32)19-25)23-12-8-22(9-13-23)20-36-29-17-16-27(30(33)31(29)34)24-10-6-21(2)7-11-24/h3,8-9,12-17,19,21,24H,1,4-7,10-11,18,20H2,2H3. The summed E-state index contributed by atoms with van der Waals surface area (Å²) in [6, 6.07) is 15.2. The highest BCUT2D eigenvalue weighted by Gasteiger charge is 2.25. The zero-order valence-electron chi connectivity index (χ0n) is 20.7. The zero-order valence-corrected chi connectivity index (χ0v) is 20.7. The number of unbranched alkanes of at least 4 members (excludes halogenated alkanes) is 1. The molecule has 0 bridgehead atoms. The predicted octanol–water partition coefficient (Wildman–Crippen LogP) is 8.99. The molecule has 1 aliphatic rings. The van der Waals surface area contributed by atoms with Crippen molar-refractivity contribution in [2.75, 3.05) is 6.61 Å². The minimum Gasteiger partial charge on any atom is -0.493 e. The van der Waals surface area contributed by atoms with Crippen molar-refractivity contribution >= 4 is 0 Å². The minimum atomic E-state index is -0.934. The van der Waals surface area contributed by atoms with Crippen molar-refractivity contribution in [1.29, 1.82) is 0 Å². The Morgan fingerprint density at radius 3 is 2.33 bits per heavy atom. The summed E-state index contributed by atoms with van der Waals surface area (Å²) < 4.78 is 55.3. The molecule has 0 heterocycles. The average molecular weight is 495 g/mol. The Hall–Kier alpha value is -3.21. The highest BCUT2D eigenvalue weighted by atomic mass is 19.2. The molecule has 2 nitrogen and oxygen atoms in total. The SMILES string of the molecule is C=CCCCOc1ccc(-c2ccc(COc3ccc(C4CCC(C)CC4)c(F)c3F)cc2)c(F)c1. The molecule has 1 aliphatic carbocycles. The molecule has 3 aromatic carbocycles. The maximum atomic E-state index is 14.8. The molecule has 0 aromatic heterocycles. The number of rotatable bonds is 10. The Kier molecular flexibility index (Phi) is 8.74. The van der Waals surface area contributed by atoms with Crippen molar-refractivity contribution in [3.05, 3.63) is 95.8 Å². The van der Waals surface area contributed by atoms with Crippen LogP contribution in [-0.2, 0) is 6.61 Å². The van der Waals surface area contributed by atoms with E-state index in [-0.39, 0.29) is 24.1 Å². The minimum absolute atomic E-state index is 0.0653. The second-order valence-electron chi connectivity index (χ2n) is 9.64. The third-order valence-electron chi connectivity index (χ3n) is 6.95. The molecule has 4 rings (SSSR count). The van der Waals surface area contributed by atoms with Crippen LogP contribution in [0.1, 0.15) is 62.5 Å². The lowest BCUT2D eigenvalue weighted by Gasteiger charge is -2.27. The normalized spacial score (nSPS) is 17.6. The number of allylic oxidation sites excluding steroid dienone is 1. The van der Waals surface area contributed by atoms with Gasteiger partial charge in [-0.1, -0.05) is 56.2 Å². The lowest BCUT2D eigenvalue weighted by Crippen LogP contribution is -2.13. The molecule has 0 radical (unpaired) electrons. The first-order valence-electron chi connectivity index (χ1n) is 12.7. The highest BCUT2D eigenvalue weighted by Crippen LogP contribution is 2.38. The predicted molar refractivity (Wildman–Crippen MR) is 138 cm³/mol. The van der Waals surface area contributed by atoms with Crippen molar-refractivity contribution < 1.29 is 22.6 Å². The largest absolute Gasteiger partial charge is 0.493 e. The molecular weight excluding hydrogens is 461 g/mol. The van der Waals surface area contributed by atoms with Crippen LogP contribution in [-0.4, -0.2) is 6.61 Å². The molecule has 0 saturated heterocycles. The number of benzene rings is 3. The van der Waals surface area contributed by atoms with E-state index in [2.05, 4.69) is 13.5 Å². The molecule has 1 fully saturated rings. The van der Waals surface area contributed by atoms with Gasteiger partial charge in [-0.05, 0) is 72.4 Å². The van der Waals surface area contributed by atoms with E-state index in [0.717, 1.165) is 44.1 Å². The van der Waals surface area contributed by atoms with E-state index in [1.54, 1.807) is 42.5 Å².